The third-order valence-electron chi connectivity index (χ3n) is 23.7. The maximum atomic E-state index is 12.5. The third-order valence-corrected chi connectivity index (χ3v) is 25.4. The number of hydroxylamine groups is 2. The van der Waals surface area contributed by atoms with Crippen molar-refractivity contribution in [2.24, 2.45) is 0 Å². The molecule has 6 aromatic carbocycles. The van der Waals surface area contributed by atoms with Gasteiger partial charge in [-0.2, -0.15) is 26.0 Å². The molecule has 0 aromatic heterocycles. The fourth-order valence-electron chi connectivity index (χ4n) is 16.7. The second kappa shape index (κ2) is 42.4. The Kier molecular flexibility index (Phi) is 32.0. The van der Waals surface area contributed by atoms with E-state index in [9.17, 15) is 74.9 Å². The van der Waals surface area contributed by atoms with Crippen molar-refractivity contribution < 1.29 is 97.5 Å². The Morgan fingerprint density at radius 3 is 1.30 bits per heavy atom. The van der Waals surface area contributed by atoms with Crippen LogP contribution in [0.25, 0.3) is 0 Å². The number of fused-ring (bicyclic) bond motifs is 4. The Morgan fingerprint density at radius 1 is 0.477 bits per heavy atom. The molecule has 0 aliphatic carbocycles. The minimum absolute atomic E-state index is 0.0317. The molecule has 0 atom stereocenters. The monoisotopic (exact) mass is 1790 g/mol. The quantitative estimate of drug-likeness (QED) is 0.00609. The minimum Gasteiger partial charge on any atom is -0.377 e. The van der Waals surface area contributed by atoms with Crippen LogP contribution in [0.4, 0.5) is 34.1 Å². The van der Waals surface area contributed by atoms with E-state index in [1.54, 1.807) is 36.4 Å². The van der Waals surface area contributed by atoms with Crippen LogP contribution < -0.4 is 15.1 Å². The molecule has 3 N–H and O–H groups in total. The predicted octanol–water partition coefficient (Wildman–Crippen LogP) is 14.9. The second-order valence-electron chi connectivity index (χ2n) is 34.2. The highest BCUT2D eigenvalue weighted by Gasteiger charge is 2.48. The molecule has 678 valence electrons. The summed E-state index contributed by atoms with van der Waals surface area (Å²) in [6, 6.07) is 34.9. The summed E-state index contributed by atoms with van der Waals surface area (Å²) in [5.74, 6) is -2.60. The smallest absolute Gasteiger partial charge is 0.333 e. The van der Waals surface area contributed by atoms with Crippen LogP contribution in [0.1, 0.15) is 164 Å². The van der Waals surface area contributed by atoms with E-state index < -0.39 is 58.7 Å². The molecule has 128 heavy (non-hydrogen) atoms. The molecular formula is C96H113N9O21S2+2. The number of allylic oxidation sites excluding steroid dienone is 12. The average molecular weight is 1790 g/mol. The summed E-state index contributed by atoms with van der Waals surface area (Å²) < 4.78 is 96.1. The van der Waals surface area contributed by atoms with Gasteiger partial charge < -0.3 is 38.9 Å². The number of non-ortho nitro benzene ring substituents is 2. The molecule has 0 radical (unpaired) electrons. The van der Waals surface area contributed by atoms with Crippen LogP contribution in [0.5, 0.6) is 0 Å². The number of unbranched alkanes of at least 4 members (excludes halogenated alkanes) is 4. The van der Waals surface area contributed by atoms with E-state index in [0.717, 1.165) is 85.6 Å². The molecule has 0 bridgehead atoms. The topological polar surface area (TPSA) is 375 Å². The van der Waals surface area contributed by atoms with E-state index >= 15 is 0 Å². The molecule has 12 rings (SSSR count). The first-order valence-electron chi connectivity index (χ1n) is 42.9. The van der Waals surface area contributed by atoms with Gasteiger partial charge in [-0.25, -0.2) is 4.79 Å². The van der Waals surface area contributed by atoms with Crippen molar-refractivity contribution in [2.45, 2.75) is 178 Å². The highest BCUT2D eigenvalue weighted by atomic mass is 32.2. The zero-order valence-corrected chi connectivity index (χ0v) is 75.6. The number of ether oxygens (including phenoxy) is 4. The van der Waals surface area contributed by atoms with Gasteiger partial charge in [0.1, 0.15) is 13.1 Å². The molecule has 0 saturated carbocycles. The number of amides is 5. The fourth-order valence-corrected chi connectivity index (χ4v) is 17.8. The Balaban J connectivity index is 0.000000248. The minimum atomic E-state index is -4.44. The van der Waals surface area contributed by atoms with E-state index in [0.29, 0.717) is 116 Å². The Hall–Kier alpha value is -11.9. The number of benzene rings is 6. The molecule has 6 aromatic rings. The maximum absolute atomic E-state index is 12.5. The van der Waals surface area contributed by atoms with Gasteiger partial charge >= 0.3 is 5.97 Å². The number of nitro groups is 2. The largest absolute Gasteiger partial charge is 0.377 e. The highest BCUT2D eigenvalue weighted by Crippen LogP contribution is 2.50. The number of hydrogen-bond donors (Lipinski definition) is 3. The van der Waals surface area contributed by atoms with Gasteiger partial charge in [0.25, 0.3) is 55.2 Å². The van der Waals surface area contributed by atoms with Crippen molar-refractivity contribution in [3.63, 3.8) is 0 Å². The van der Waals surface area contributed by atoms with Crippen molar-refractivity contribution >= 4 is 101 Å². The number of nitro benzene ring substituents is 2. The van der Waals surface area contributed by atoms with Crippen molar-refractivity contribution in [3.8, 4) is 0 Å². The van der Waals surface area contributed by atoms with Gasteiger partial charge in [0.05, 0.1) is 83.3 Å². The van der Waals surface area contributed by atoms with Crippen LogP contribution in [0.15, 0.2) is 215 Å². The molecule has 6 heterocycles. The zero-order chi connectivity index (χ0) is 92.5. The number of hydrogen-bond acceptors (Lipinski definition) is 21. The summed E-state index contributed by atoms with van der Waals surface area (Å²) in [7, 11) is -8.86. The zero-order valence-electron chi connectivity index (χ0n) is 74.0. The van der Waals surface area contributed by atoms with Gasteiger partial charge in [0, 0.05) is 170 Å². The van der Waals surface area contributed by atoms with E-state index in [1.807, 2.05) is 76.3 Å². The van der Waals surface area contributed by atoms with Gasteiger partial charge in [-0.1, -0.05) is 99.5 Å². The molecule has 1 saturated heterocycles. The molecule has 32 heteroatoms. The van der Waals surface area contributed by atoms with Gasteiger partial charge in [-0.05, 0) is 162 Å². The molecule has 5 amide bonds. The SMILES string of the molecule is Cc1ccc2c(c1)C(C)(C)C(=CC=CC=CC1=[N+](CCCCCC(=O)NCCN3C(=O)C=CC3=O)c3ccc(S(=O)(=O)O)cc3C1(C)C)N2CCOCCOCc1ccc([N+](=O)[O-])cc1.Cc1ccc2c(c1)C(C)(C)C(=CC=CC=CC1=[N+](CCCCCC(=O)ON3C(=O)CCC3=O)c3ccc(S(=O)(=O)O)cc3C1(C)C)N2CCOCCOCc1ccc([N+](=O)[O-])cc1. The Bertz CT molecular complexity index is 5730. The van der Waals surface area contributed by atoms with Crippen LogP contribution >= 0.6 is 0 Å². The second-order valence-corrected chi connectivity index (χ2v) is 37.0. The lowest BCUT2D eigenvalue weighted by atomic mass is 9.81. The van der Waals surface area contributed by atoms with Crippen molar-refractivity contribution in [3.05, 3.63) is 270 Å². The van der Waals surface area contributed by atoms with E-state index in [4.69, 9.17) is 23.8 Å². The Labute approximate surface area is 747 Å². The maximum Gasteiger partial charge on any atom is 0.333 e. The molecular weight excluding hydrogens is 1680 g/mol. The number of anilines is 2. The molecule has 0 spiro atoms. The number of rotatable bonds is 42. The van der Waals surface area contributed by atoms with E-state index in [-0.39, 0.29) is 82.1 Å². The van der Waals surface area contributed by atoms with Gasteiger partial charge in [0.15, 0.2) is 11.4 Å². The fraction of sp³-hybridized carbons (Fsp3) is 0.396. The first-order chi connectivity index (χ1) is 60.8. The van der Waals surface area contributed by atoms with Gasteiger partial charge in [0.2, 0.25) is 17.3 Å². The highest BCUT2D eigenvalue weighted by molar-refractivity contribution is 7.86. The summed E-state index contributed by atoms with van der Waals surface area (Å²) in [5, 5.41) is 25.2. The average Bonchev–Trinajstić information content (AvgIpc) is 1.61. The summed E-state index contributed by atoms with van der Waals surface area (Å²) in [6.07, 6.45) is 26.9. The van der Waals surface area contributed by atoms with Crippen molar-refractivity contribution in [2.75, 3.05) is 88.7 Å². The van der Waals surface area contributed by atoms with Crippen LogP contribution in [0.2, 0.25) is 0 Å². The molecule has 1 fully saturated rings. The molecule has 30 nitrogen and oxygen atoms in total. The standard InChI is InChI=1S/C49H57N5O10S.C47H54N4O11S/c1-35-15-21-41-39(32-35)48(2,3)44(52(41)28-29-63-30-31-64-34-36-16-18-37(19-17-36)54(58)59)13-9-6-8-12-43-49(4,5)40-33-38(65(60,61)62)20-22-42(40)51(43)26-11-7-10-14-45(55)50-25-27-53-46(56)23-24-47(53)57;1-33-15-21-39-37(30-33)46(2,3)42(49(39)26-27-60-28-29-61-32-34-16-18-35(19-17-34)51(55)56)13-9-6-8-12-41-47(4,5)38-31-36(63(57,58)59)20-22-40(38)48(41)25-11-7-10-14-45(54)62-50-43(52)23-24-44(50)53/h6,8-9,12-13,15-24,32-33H,7,10-11,14,25-31,34H2,1-5H3,(H-,50,55,60,61,62);6,8-9,12-13,15-22,30-31H,7,10-11,14,23-29,32H2,1-5H3/p+2. The third kappa shape index (κ3) is 23.7. The lowest BCUT2D eigenvalue weighted by Crippen LogP contribution is -2.38. The lowest BCUT2D eigenvalue weighted by molar-refractivity contribution is -0.438. The normalized spacial score (nSPS) is 17.2. The summed E-state index contributed by atoms with van der Waals surface area (Å²) in [6.45, 7) is 26.9. The number of carbonyl (C=O) groups is 6. The number of nitrogens with zero attached hydrogens (tertiary/aromatic N) is 8. The van der Waals surface area contributed by atoms with Gasteiger partial charge in [-0.15, -0.1) is 5.06 Å². The van der Waals surface area contributed by atoms with Crippen molar-refractivity contribution in [1.82, 2.24) is 15.3 Å². The first-order valence-corrected chi connectivity index (χ1v) is 45.7. The number of aryl methyl sites for hydroxylation is 2. The molecule has 6 aliphatic heterocycles. The first kappa shape index (κ1) is 96.7. The van der Waals surface area contributed by atoms with Crippen molar-refractivity contribution in [1.29, 1.82) is 0 Å². The predicted molar refractivity (Wildman–Crippen MR) is 484 cm³/mol. The summed E-state index contributed by atoms with van der Waals surface area (Å²) >= 11 is 0. The lowest BCUT2D eigenvalue weighted by Gasteiger charge is -2.27. The number of nitrogens with one attached hydrogen (secondary N) is 1. The molecule has 6 aliphatic rings. The van der Waals surface area contributed by atoms with Gasteiger partial charge in [-0.3, -0.25) is 58.2 Å². The number of carbonyl (C=O) groups excluding carboxylic acids is 6. The van der Waals surface area contributed by atoms with Crippen LogP contribution in [-0.2, 0) is 108 Å². The van der Waals surface area contributed by atoms with E-state index in [1.165, 1.54) is 82.9 Å². The van der Waals surface area contributed by atoms with Crippen LogP contribution in [0.3, 0.4) is 0 Å². The molecule has 0 unspecified atom stereocenters. The number of imide groups is 2. The Morgan fingerprint density at radius 2 is 0.891 bits per heavy atom. The summed E-state index contributed by atoms with van der Waals surface area (Å²) in [5.41, 5.74) is 14.3. The van der Waals surface area contributed by atoms with Crippen LogP contribution in [0, 0.1) is 34.1 Å². The summed E-state index contributed by atoms with van der Waals surface area (Å²) in [4.78, 5) is 103. The van der Waals surface area contributed by atoms with Crippen LogP contribution in [-0.4, -0.2) is 181 Å². The van der Waals surface area contributed by atoms with E-state index in [2.05, 4.69) is 114 Å².